The number of aromatic nitrogens is 3. The minimum Gasteiger partial charge on any atom is -0.456 e. The molecule has 0 aliphatic rings. The molecule has 0 saturated heterocycles. The van der Waals surface area contributed by atoms with E-state index < -0.39 is 0 Å². The van der Waals surface area contributed by atoms with Crippen LogP contribution >= 0.6 is 0 Å². The van der Waals surface area contributed by atoms with Crippen LogP contribution in [0, 0.1) is 0 Å². The second-order valence-electron chi connectivity index (χ2n) is 36.2. The van der Waals surface area contributed by atoms with Gasteiger partial charge in [-0.1, -0.05) is 273 Å². The second-order valence-corrected chi connectivity index (χ2v) is 36.2. The lowest BCUT2D eigenvalue weighted by atomic mass is 10.00. The van der Waals surface area contributed by atoms with Crippen LogP contribution in [0.4, 0.5) is 0 Å². The topological polar surface area (TPSA) is 133 Å². The summed E-state index contributed by atoms with van der Waals surface area (Å²) in [4.78, 5) is 0. The second kappa shape index (κ2) is 28.4. The van der Waals surface area contributed by atoms with Crippen LogP contribution in [0.15, 0.2) is 458 Å². The summed E-state index contributed by atoms with van der Waals surface area (Å²) in [6, 6.07) is 146. The summed E-state index contributed by atoms with van der Waals surface area (Å²) in [5, 5.41) is 27.1. The van der Waals surface area contributed by atoms with Gasteiger partial charge >= 0.3 is 0 Å². The summed E-state index contributed by atoms with van der Waals surface area (Å²) in [5.74, 6) is 0. The summed E-state index contributed by atoms with van der Waals surface area (Å²) in [6.45, 7) is 0. The van der Waals surface area contributed by atoms with Crippen LogP contribution in [0.1, 0.15) is 0 Å². The van der Waals surface area contributed by atoms with Gasteiger partial charge < -0.3 is 53.5 Å². The lowest BCUT2D eigenvalue weighted by molar-refractivity contribution is 0.665. The molecule has 0 N–H and O–H groups in total. The average molecular weight is 1770 g/mol. The van der Waals surface area contributed by atoms with Gasteiger partial charge in [-0.3, -0.25) is 0 Å². The molecule has 33 rings (SSSR count). The number of nitrogens with zero attached hydrogens (tertiary/aromatic N) is 3. The van der Waals surface area contributed by atoms with Gasteiger partial charge in [-0.15, -0.1) is 0 Å². The molecule has 0 atom stereocenters. The maximum Gasteiger partial charge on any atom is 0.143 e. The summed E-state index contributed by atoms with van der Waals surface area (Å²) >= 11 is 0. The van der Waals surface area contributed by atoms with Gasteiger partial charge in [0.05, 0.1) is 33.1 Å². The molecule has 0 saturated carbocycles. The standard InChI is InChI=1S/3C42H23NO3/c1-4-16-35-25(9-1)32-23-40-34(27-11-3-5-17-37(27)44-40)22-36(32)43(35)24-19-20-39-33(21-24)31-15-8-14-30(42(31)46-39)29-13-7-12-28-26-10-2-6-18-38(26)45-41(28)29;1-4-16-35-25(9-1)32-22-34-27-11-3-5-17-37(27)44-40(34)23-36(32)43(35)24-19-20-39-33(21-24)31-15-8-14-30(42(31)46-39)29-13-7-12-28-26-10-2-6-18-38(26)45-41(28)29;1-4-16-33-30(10-1)39-34(20-22-38-40(39)31-11-3-6-18-36(31)44-38)43(33)24-19-21-37-32(23-24)29-15-8-14-28(42(29)46-37)27-13-7-12-26-25-9-2-5-17-35(25)45-41(26)27/h3*1-23H. The Bertz CT molecular complexity index is 10800. The number of hydrogen-bond acceptors (Lipinski definition) is 9. The van der Waals surface area contributed by atoms with Crippen molar-refractivity contribution in [1.82, 2.24) is 13.7 Å². The quantitative estimate of drug-likeness (QED) is 0.160. The molecule has 0 spiro atoms. The third-order valence-corrected chi connectivity index (χ3v) is 28.8. The molecule has 12 heterocycles. The van der Waals surface area contributed by atoms with Crippen molar-refractivity contribution in [3.63, 3.8) is 0 Å². The van der Waals surface area contributed by atoms with Crippen LogP contribution in [0.25, 0.3) is 313 Å². The highest BCUT2D eigenvalue weighted by Crippen LogP contribution is 2.51. The Balaban J connectivity index is 0.0000000959. The van der Waals surface area contributed by atoms with E-state index in [4.69, 9.17) is 39.8 Å². The van der Waals surface area contributed by atoms with Crippen LogP contribution in [-0.4, -0.2) is 13.7 Å². The smallest absolute Gasteiger partial charge is 0.143 e. The number of rotatable bonds is 6. The van der Waals surface area contributed by atoms with Crippen LogP contribution in [0.5, 0.6) is 0 Å². The highest BCUT2D eigenvalue weighted by atomic mass is 16.4. The van der Waals surface area contributed by atoms with Crippen molar-refractivity contribution in [2.24, 2.45) is 0 Å². The van der Waals surface area contributed by atoms with Gasteiger partial charge in [-0.25, -0.2) is 0 Å². The molecule has 138 heavy (non-hydrogen) atoms. The summed E-state index contributed by atoms with van der Waals surface area (Å²) < 4.78 is 65.1. The van der Waals surface area contributed by atoms with Gasteiger partial charge in [0.25, 0.3) is 0 Å². The average Bonchev–Trinajstić information content (AvgIpc) is 1.55. The fraction of sp³-hybridized carbons (Fsp3) is 0. The van der Waals surface area contributed by atoms with Crippen molar-refractivity contribution in [2.75, 3.05) is 0 Å². The highest BCUT2D eigenvalue weighted by Gasteiger charge is 2.28. The Labute approximate surface area is 780 Å². The lowest BCUT2D eigenvalue weighted by Gasteiger charge is -2.08. The summed E-state index contributed by atoms with van der Waals surface area (Å²) in [7, 11) is 0. The van der Waals surface area contributed by atoms with Gasteiger partial charge in [0.15, 0.2) is 0 Å². The number of fused-ring (bicyclic) bond motifs is 37. The predicted octanol–water partition coefficient (Wildman–Crippen LogP) is 36.4. The van der Waals surface area contributed by atoms with Crippen LogP contribution < -0.4 is 0 Å². The first-order chi connectivity index (χ1) is 68.4. The van der Waals surface area contributed by atoms with E-state index in [9.17, 15) is 0 Å². The molecule has 12 aromatic heterocycles. The molecule has 12 heteroatoms. The monoisotopic (exact) mass is 1770 g/mol. The number of benzene rings is 21. The third-order valence-electron chi connectivity index (χ3n) is 28.8. The molecule has 0 radical (unpaired) electrons. The van der Waals surface area contributed by atoms with E-state index in [-0.39, 0.29) is 0 Å². The Morgan fingerprint density at radius 1 is 0.116 bits per heavy atom. The van der Waals surface area contributed by atoms with Crippen molar-refractivity contribution in [3.05, 3.63) is 419 Å². The highest BCUT2D eigenvalue weighted by molar-refractivity contribution is 6.29. The van der Waals surface area contributed by atoms with E-state index in [1.165, 1.54) is 32.3 Å². The summed E-state index contributed by atoms with van der Waals surface area (Å²) in [6.07, 6.45) is 0. The fourth-order valence-corrected chi connectivity index (χ4v) is 22.8. The summed E-state index contributed by atoms with van der Waals surface area (Å²) in [5.41, 5.74) is 32.0. The maximum absolute atomic E-state index is 6.64. The van der Waals surface area contributed by atoms with Gasteiger partial charge in [0, 0.05) is 186 Å². The minimum atomic E-state index is 0.850. The van der Waals surface area contributed by atoms with Crippen molar-refractivity contribution in [3.8, 4) is 50.4 Å². The van der Waals surface area contributed by atoms with Gasteiger partial charge in [0.2, 0.25) is 0 Å². The predicted molar refractivity (Wildman–Crippen MR) is 564 cm³/mol. The number of para-hydroxylation sites is 15. The van der Waals surface area contributed by atoms with E-state index in [1.807, 2.05) is 72.8 Å². The van der Waals surface area contributed by atoms with E-state index in [1.54, 1.807) is 0 Å². The Kier molecular flexibility index (Phi) is 15.4. The SMILES string of the molecule is c1ccc2c(c1)oc1c(-c3cccc4c3oc3ccc(-n5c6ccccc6c6c7c(ccc65)oc5ccccc57)cc34)cccc12.c1ccc2c(c1)oc1cc3c(cc12)c1ccccc1n3-c1ccc2oc3c(-c4cccc5c4oc4ccccc45)cccc3c2c1.c1ccc2c(c1)oc1cc3c4ccccc4n(-c4ccc5oc6c(-c7cccc8c7oc7ccccc78)cccc6c5c4)c3cc12. The Morgan fingerprint density at radius 2 is 0.370 bits per heavy atom. The Hall–Kier alpha value is -18.8. The molecule has 642 valence electrons. The zero-order valence-electron chi connectivity index (χ0n) is 73.4. The number of furan rings is 9. The van der Waals surface area contributed by atoms with Crippen LogP contribution in [0.2, 0.25) is 0 Å². The third kappa shape index (κ3) is 10.7. The van der Waals surface area contributed by atoms with Crippen molar-refractivity contribution in [2.45, 2.75) is 0 Å². The molecular weight excluding hydrogens is 1700 g/mol. The van der Waals surface area contributed by atoms with E-state index in [0.717, 1.165) is 281 Å². The molecule has 21 aromatic carbocycles. The molecule has 0 bridgehead atoms. The molecule has 33 aromatic rings. The van der Waals surface area contributed by atoms with Crippen LogP contribution in [-0.2, 0) is 0 Å². The van der Waals surface area contributed by atoms with Crippen molar-refractivity contribution in [1.29, 1.82) is 0 Å². The fourth-order valence-electron chi connectivity index (χ4n) is 22.8. The Morgan fingerprint density at radius 3 is 0.768 bits per heavy atom. The minimum absolute atomic E-state index is 0.850. The first-order valence-electron chi connectivity index (χ1n) is 46.5. The molecule has 0 fully saturated rings. The van der Waals surface area contributed by atoms with Crippen LogP contribution in [0.3, 0.4) is 0 Å². The lowest BCUT2D eigenvalue weighted by Crippen LogP contribution is -1.93. The normalized spacial score (nSPS) is 12.3. The molecule has 0 amide bonds. The number of hydrogen-bond donors (Lipinski definition) is 0. The van der Waals surface area contributed by atoms with E-state index >= 15 is 0 Å². The van der Waals surface area contributed by atoms with E-state index in [0.29, 0.717) is 0 Å². The molecule has 12 nitrogen and oxygen atoms in total. The zero-order chi connectivity index (χ0) is 89.8. The van der Waals surface area contributed by atoms with E-state index in [2.05, 4.69) is 359 Å². The van der Waals surface area contributed by atoms with Gasteiger partial charge in [-0.2, -0.15) is 0 Å². The first-order valence-corrected chi connectivity index (χ1v) is 46.5. The van der Waals surface area contributed by atoms with Crippen molar-refractivity contribution < 1.29 is 39.8 Å². The van der Waals surface area contributed by atoms with Gasteiger partial charge in [0.1, 0.15) is 100 Å². The molecular formula is C126H69N3O9. The molecule has 0 aliphatic carbocycles. The largest absolute Gasteiger partial charge is 0.456 e. The molecule has 0 unspecified atom stereocenters. The maximum atomic E-state index is 6.64. The zero-order valence-corrected chi connectivity index (χ0v) is 73.4. The molecule has 0 aliphatic heterocycles. The van der Waals surface area contributed by atoms with Gasteiger partial charge in [-0.05, 0) is 140 Å². The first kappa shape index (κ1) is 74.8. The van der Waals surface area contributed by atoms with Crippen molar-refractivity contribution >= 4 is 263 Å².